The average Bonchev–Trinajstić information content (AvgIpc) is 4.02. The van der Waals surface area contributed by atoms with Crippen molar-refractivity contribution >= 4 is 44.6 Å². The summed E-state index contributed by atoms with van der Waals surface area (Å²) in [5.41, 5.74) is -2.33. The van der Waals surface area contributed by atoms with Gasteiger partial charge >= 0.3 is 6.09 Å². The van der Waals surface area contributed by atoms with Crippen molar-refractivity contribution in [3.63, 3.8) is 0 Å². The third-order valence-electron chi connectivity index (χ3n) is 10.5. The minimum Gasteiger partial charge on any atom is -0.494 e. The lowest BCUT2D eigenvalue weighted by molar-refractivity contribution is -0.142. The predicted molar refractivity (Wildman–Crippen MR) is 196 cm³/mol. The van der Waals surface area contributed by atoms with E-state index in [-0.39, 0.29) is 31.2 Å². The first kappa shape index (κ1) is 38.3. The van der Waals surface area contributed by atoms with E-state index in [4.69, 9.17) is 14.2 Å². The van der Waals surface area contributed by atoms with Gasteiger partial charge in [0, 0.05) is 23.1 Å². The lowest BCUT2D eigenvalue weighted by Gasteiger charge is -2.32. The quantitative estimate of drug-likeness (QED) is 0.350. The molecule has 53 heavy (non-hydrogen) atoms. The van der Waals surface area contributed by atoms with Crippen molar-refractivity contribution in [2.24, 2.45) is 17.8 Å². The van der Waals surface area contributed by atoms with Crippen LogP contribution >= 0.6 is 0 Å². The second-order valence-corrected chi connectivity index (χ2v) is 18.0. The van der Waals surface area contributed by atoms with E-state index in [0.717, 1.165) is 18.2 Å². The van der Waals surface area contributed by atoms with Crippen molar-refractivity contribution in [1.82, 2.24) is 25.2 Å². The van der Waals surface area contributed by atoms with Gasteiger partial charge in [-0.3, -0.25) is 19.1 Å². The highest BCUT2D eigenvalue weighted by molar-refractivity contribution is 7.91. The van der Waals surface area contributed by atoms with Crippen molar-refractivity contribution in [1.29, 1.82) is 0 Å². The lowest BCUT2D eigenvalue weighted by Crippen LogP contribution is -2.59. The minimum absolute atomic E-state index is 0.0200. The van der Waals surface area contributed by atoms with Crippen LogP contribution in [0.25, 0.3) is 10.8 Å². The molecule has 0 bridgehead atoms. The highest BCUT2D eigenvalue weighted by Crippen LogP contribution is 2.46. The van der Waals surface area contributed by atoms with Crippen LogP contribution < -0.4 is 24.8 Å². The molecule has 3 fully saturated rings. The Morgan fingerprint density at radius 1 is 1.04 bits per heavy atom. The summed E-state index contributed by atoms with van der Waals surface area (Å²) in [4.78, 5) is 61.9. The number of rotatable bonds is 7. The fourth-order valence-electron chi connectivity index (χ4n) is 7.31. The minimum atomic E-state index is -3.90. The molecule has 0 radical (unpaired) electrons. The first-order valence-electron chi connectivity index (χ1n) is 18.5. The molecule has 288 valence electrons. The summed E-state index contributed by atoms with van der Waals surface area (Å²) in [6, 6.07) is 5.27. The zero-order valence-electron chi connectivity index (χ0n) is 31.2. The Kier molecular flexibility index (Phi) is 10.7. The van der Waals surface area contributed by atoms with Crippen molar-refractivity contribution in [2.75, 3.05) is 13.7 Å². The summed E-state index contributed by atoms with van der Waals surface area (Å²) < 4.78 is 45.4. The van der Waals surface area contributed by atoms with Crippen molar-refractivity contribution < 1.29 is 41.8 Å². The molecule has 1 aromatic heterocycles. The second kappa shape index (κ2) is 14.8. The number of hydrogen-bond acceptors (Lipinski definition) is 10. The zero-order chi connectivity index (χ0) is 38.3. The smallest absolute Gasteiger partial charge is 0.408 e. The third-order valence-corrected chi connectivity index (χ3v) is 12.4. The number of amides is 4. The van der Waals surface area contributed by atoms with E-state index in [1.165, 1.54) is 4.90 Å². The second-order valence-electron chi connectivity index (χ2n) is 16.0. The molecule has 15 heteroatoms. The summed E-state index contributed by atoms with van der Waals surface area (Å²) in [6.45, 7) is 9.10. The number of pyridine rings is 1. The predicted octanol–water partition coefficient (Wildman–Crippen LogP) is 3.98. The van der Waals surface area contributed by atoms with E-state index in [2.05, 4.69) is 20.3 Å². The van der Waals surface area contributed by atoms with Gasteiger partial charge in [-0.1, -0.05) is 50.6 Å². The molecule has 2 aliphatic carbocycles. The van der Waals surface area contributed by atoms with E-state index in [9.17, 15) is 27.6 Å². The highest BCUT2D eigenvalue weighted by Gasteiger charge is 2.62. The van der Waals surface area contributed by atoms with Crippen molar-refractivity contribution in [2.45, 2.75) is 114 Å². The van der Waals surface area contributed by atoms with Crippen LogP contribution in [0.2, 0.25) is 0 Å². The SMILES string of the molecule is COc1cnc(O[C@@H]2C[C@H]3C(=O)N[C@]4(C(=O)NS(=O)(=O)C5CC5)C[C@H]4/C=C\C(C)CCC[C@@H](C)[C@H](NC(=O)OC(C)(C)C)C(=O)N3C2)c2ccccc12. The van der Waals surface area contributed by atoms with Crippen LogP contribution in [-0.2, 0) is 29.1 Å². The average molecular weight is 754 g/mol. The highest BCUT2D eigenvalue weighted by atomic mass is 32.2. The number of sulfonamides is 1. The summed E-state index contributed by atoms with van der Waals surface area (Å²) in [5.74, 6) is -1.73. The molecule has 3 N–H and O–H groups in total. The monoisotopic (exact) mass is 753 g/mol. The fraction of sp³-hybridized carbons (Fsp3) is 0.605. The molecule has 1 aromatic carbocycles. The Morgan fingerprint density at radius 2 is 1.75 bits per heavy atom. The third kappa shape index (κ3) is 8.55. The van der Waals surface area contributed by atoms with Crippen LogP contribution in [0.5, 0.6) is 11.6 Å². The van der Waals surface area contributed by atoms with Gasteiger partial charge < -0.3 is 29.7 Å². The van der Waals surface area contributed by atoms with Crippen LogP contribution in [-0.4, -0.2) is 90.3 Å². The van der Waals surface area contributed by atoms with Crippen LogP contribution in [0, 0.1) is 17.8 Å². The van der Waals surface area contributed by atoms with Crippen LogP contribution in [0.3, 0.4) is 0 Å². The number of hydrogen-bond donors (Lipinski definition) is 3. The summed E-state index contributed by atoms with van der Waals surface area (Å²) >= 11 is 0. The van der Waals surface area contributed by atoms with E-state index in [0.29, 0.717) is 36.3 Å². The summed E-state index contributed by atoms with van der Waals surface area (Å²) in [7, 11) is -2.35. The Hall–Kier alpha value is -4.40. The summed E-state index contributed by atoms with van der Waals surface area (Å²) in [6.07, 6.45) is 7.27. The molecule has 4 aliphatic rings. The number of aromatic nitrogens is 1. The molecule has 2 aromatic rings. The fourth-order valence-corrected chi connectivity index (χ4v) is 8.67. The topological polar surface area (TPSA) is 182 Å². The number of benzene rings is 1. The Labute approximate surface area is 310 Å². The Bertz CT molecular complexity index is 1890. The van der Waals surface area contributed by atoms with E-state index >= 15 is 0 Å². The van der Waals surface area contributed by atoms with Gasteiger partial charge in [0.25, 0.3) is 5.91 Å². The van der Waals surface area contributed by atoms with Crippen LogP contribution in [0.4, 0.5) is 4.79 Å². The largest absolute Gasteiger partial charge is 0.494 e. The van der Waals surface area contributed by atoms with Gasteiger partial charge in [0.1, 0.15) is 35.1 Å². The van der Waals surface area contributed by atoms with Crippen LogP contribution in [0.15, 0.2) is 42.6 Å². The molecule has 2 saturated carbocycles. The standard InChI is InChI=1S/C38H51N5O9S/c1-22-10-9-11-23(2)31(40-36(47)52-37(3,4)5)34(45)43-21-25(51-33-28-13-8-7-12-27(28)30(50-6)20-39-33)18-29(43)32(44)41-38(19-24(38)15-14-22)35(46)42-53(48,49)26-16-17-26/h7-8,12-15,20,22-26,29,31H,9-11,16-19,21H2,1-6H3,(H,40,47)(H,41,44)(H,42,46)/b15-14-/t22?,23-,24-,25-,29+,31+,38-/m1/s1. The molecule has 6 rings (SSSR count). The number of carbonyl (C=O) groups is 4. The normalized spacial score (nSPS) is 30.1. The number of allylic oxidation sites excluding steroid dienone is 1. The van der Waals surface area contributed by atoms with Gasteiger partial charge in [-0.15, -0.1) is 0 Å². The molecule has 14 nitrogen and oxygen atoms in total. The number of nitrogens with zero attached hydrogens (tertiary/aromatic N) is 2. The first-order chi connectivity index (χ1) is 25.0. The zero-order valence-corrected chi connectivity index (χ0v) is 32.0. The number of ether oxygens (including phenoxy) is 3. The number of methoxy groups -OCH3 is 1. The van der Waals surface area contributed by atoms with Crippen molar-refractivity contribution in [3.05, 3.63) is 42.6 Å². The van der Waals surface area contributed by atoms with Crippen molar-refractivity contribution in [3.8, 4) is 11.6 Å². The maximum Gasteiger partial charge on any atom is 0.408 e. The van der Waals surface area contributed by atoms with Gasteiger partial charge in [-0.25, -0.2) is 18.2 Å². The number of carbonyl (C=O) groups excluding carboxylic acids is 4. The van der Waals surface area contributed by atoms with Gasteiger partial charge in [-0.2, -0.15) is 0 Å². The molecular weight excluding hydrogens is 703 g/mol. The molecule has 1 unspecified atom stereocenters. The van der Waals surface area contributed by atoms with Gasteiger partial charge in [0.05, 0.1) is 25.1 Å². The number of fused-ring (bicyclic) bond motifs is 3. The molecule has 0 spiro atoms. The van der Waals surface area contributed by atoms with Gasteiger partial charge in [0.2, 0.25) is 27.7 Å². The van der Waals surface area contributed by atoms with Gasteiger partial charge in [0.15, 0.2) is 0 Å². The summed E-state index contributed by atoms with van der Waals surface area (Å²) in [5, 5.41) is 6.51. The Morgan fingerprint density at radius 3 is 2.43 bits per heavy atom. The number of alkyl carbamates (subject to hydrolysis) is 1. The molecule has 2 aliphatic heterocycles. The van der Waals surface area contributed by atoms with Crippen LogP contribution in [0.1, 0.15) is 79.6 Å². The first-order valence-corrected chi connectivity index (χ1v) is 20.0. The Balaban J connectivity index is 1.35. The van der Waals surface area contributed by atoms with E-state index in [1.54, 1.807) is 34.1 Å². The lowest BCUT2D eigenvalue weighted by atomic mass is 9.92. The van der Waals surface area contributed by atoms with E-state index < -0.39 is 74.3 Å². The maximum absolute atomic E-state index is 14.7. The van der Waals surface area contributed by atoms with Gasteiger partial charge in [-0.05, 0) is 70.8 Å². The van der Waals surface area contributed by atoms with E-state index in [1.807, 2.05) is 50.3 Å². The molecular formula is C38H51N5O9S. The molecule has 1 saturated heterocycles. The molecule has 4 amide bonds. The number of nitrogens with one attached hydrogen (secondary N) is 3. The molecule has 3 heterocycles. The molecule has 7 atom stereocenters. The maximum atomic E-state index is 14.7.